The van der Waals surface area contributed by atoms with Crippen LogP contribution in [0.5, 0.6) is 0 Å². The van der Waals surface area contributed by atoms with Gasteiger partial charge in [0.1, 0.15) is 0 Å². The summed E-state index contributed by atoms with van der Waals surface area (Å²) in [5.74, 6) is 0. The quantitative estimate of drug-likeness (QED) is 0.791. The van der Waals surface area contributed by atoms with Gasteiger partial charge in [-0.25, -0.2) is 0 Å². The molecule has 0 radical (unpaired) electrons. The second kappa shape index (κ2) is 7.00. The highest BCUT2D eigenvalue weighted by Crippen LogP contribution is 2.08. The Balaban J connectivity index is 2.59. The van der Waals surface area contributed by atoms with Gasteiger partial charge in [-0.05, 0) is 30.7 Å². The molecule has 0 aliphatic rings. The normalized spacial score (nSPS) is 10.4. The highest BCUT2D eigenvalue weighted by Gasteiger charge is 2.03. The summed E-state index contributed by atoms with van der Waals surface area (Å²) >= 11 is 0. The van der Waals surface area contributed by atoms with Crippen LogP contribution in [-0.4, -0.2) is 29.7 Å². The zero-order chi connectivity index (χ0) is 11.8. The largest absolute Gasteiger partial charge is 0.396 e. The van der Waals surface area contributed by atoms with Crippen molar-refractivity contribution in [3.8, 4) is 6.07 Å². The molecule has 0 saturated carbocycles. The Kier molecular flexibility index (Phi) is 5.55. The predicted molar refractivity (Wildman–Crippen MR) is 63.8 cm³/mol. The summed E-state index contributed by atoms with van der Waals surface area (Å²) in [5.41, 5.74) is 1.86. The smallest absolute Gasteiger partial charge is 0.0991 e. The first-order chi connectivity index (χ1) is 7.80. The zero-order valence-electron chi connectivity index (χ0n) is 9.69. The molecule has 1 aromatic carbocycles. The molecule has 0 atom stereocenters. The molecule has 0 amide bonds. The van der Waals surface area contributed by atoms with Crippen molar-refractivity contribution in [2.75, 3.05) is 19.7 Å². The van der Waals surface area contributed by atoms with Gasteiger partial charge in [-0.2, -0.15) is 5.26 Å². The average molecular weight is 218 g/mol. The Hall–Kier alpha value is -1.37. The van der Waals surface area contributed by atoms with Crippen LogP contribution in [0.4, 0.5) is 0 Å². The molecule has 0 aliphatic carbocycles. The number of aliphatic hydroxyl groups is 1. The number of nitrogens with zero attached hydrogens (tertiary/aromatic N) is 2. The maximum absolute atomic E-state index is 8.80. The number of aliphatic hydroxyl groups excluding tert-OH is 1. The molecule has 0 bridgehead atoms. The SMILES string of the molecule is CCN(CCCO)Cc1cccc(C#N)c1. The maximum Gasteiger partial charge on any atom is 0.0991 e. The van der Waals surface area contributed by atoms with Gasteiger partial charge in [-0.3, -0.25) is 4.90 Å². The summed E-state index contributed by atoms with van der Waals surface area (Å²) in [6.45, 7) is 5.02. The van der Waals surface area contributed by atoms with E-state index in [4.69, 9.17) is 10.4 Å². The molecule has 0 saturated heterocycles. The molecule has 16 heavy (non-hydrogen) atoms. The highest BCUT2D eigenvalue weighted by molar-refractivity contribution is 5.32. The lowest BCUT2D eigenvalue weighted by Crippen LogP contribution is -2.24. The van der Waals surface area contributed by atoms with E-state index in [0.29, 0.717) is 5.56 Å². The van der Waals surface area contributed by atoms with Crippen molar-refractivity contribution in [1.29, 1.82) is 5.26 Å². The third-order valence-corrected chi connectivity index (χ3v) is 2.54. The average Bonchev–Trinajstić information content (AvgIpc) is 2.34. The van der Waals surface area contributed by atoms with Gasteiger partial charge in [-0.15, -0.1) is 0 Å². The number of hydrogen-bond donors (Lipinski definition) is 1. The number of rotatable bonds is 6. The molecular formula is C13H18N2O. The highest BCUT2D eigenvalue weighted by atomic mass is 16.3. The van der Waals surface area contributed by atoms with Gasteiger partial charge in [0.15, 0.2) is 0 Å². The van der Waals surface area contributed by atoms with Crippen molar-refractivity contribution in [1.82, 2.24) is 4.90 Å². The van der Waals surface area contributed by atoms with E-state index < -0.39 is 0 Å². The first kappa shape index (κ1) is 12.7. The van der Waals surface area contributed by atoms with Gasteiger partial charge < -0.3 is 5.11 Å². The van der Waals surface area contributed by atoms with E-state index in [9.17, 15) is 0 Å². The lowest BCUT2D eigenvalue weighted by Gasteiger charge is -2.19. The molecule has 0 aliphatic heterocycles. The van der Waals surface area contributed by atoms with Crippen LogP contribution in [0.3, 0.4) is 0 Å². The predicted octanol–water partition coefficient (Wildman–Crippen LogP) is 1.76. The summed E-state index contributed by atoms with van der Waals surface area (Å²) in [6.07, 6.45) is 0.797. The molecule has 86 valence electrons. The number of benzene rings is 1. The van der Waals surface area contributed by atoms with Gasteiger partial charge in [0, 0.05) is 19.7 Å². The van der Waals surface area contributed by atoms with Crippen molar-refractivity contribution < 1.29 is 5.11 Å². The number of nitriles is 1. The lowest BCUT2D eigenvalue weighted by molar-refractivity contribution is 0.225. The van der Waals surface area contributed by atoms with Crippen LogP contribution in [0.15, 0.2) is 24.3 Å². The summed E-state index contributed by atoms with van der Waals surface area (Å²) in [7, 11) is 0. The summed E-state index contributed by atoms with van der Waals surface area (Å²) < 4.78 is 0. The van der Waals surface area contributed by atoms with E-state index in [0.717, 1.165) is 31.6 Å². The van der Waals surface area contributed by atoms with Crippen molar-refractivity contribution >= 4 is 0 Å². The molecule has 0 spiro atoms. The summed E-state index contributed by atoms with van der Waals surface area (Å²) in [6, 6.07) is 9.82. The summed E-state index contributed by atoms with van der Waals surface area (Å²) in [4.78, 5) is 2.26. The first-order valence-electron chi connectivity index (χ1n) is 5.62. The molecule has 0 aromatic heterocycles. The third kappa shape index (κ3) is 4.01. The lowest BCUT2D eigenvalue weighted by atomic mass is 10.1. The molecule has 1 N–H and O–H groups in total. The Morgan fingerprint density at radius 3 is 2.88 bits per heavy atom. The topological polar surface area (TPSA) is 47.3 Å². The first-order valence-corrected chi connectivity index (χ1v) is 5.62. The molecule has 1 rings (SSSR count). The van der Waals surface area contributed by atoms with Crippen LogP contribution in [0.1, 0.15) is 24.5 Å². The van der Waals surface area contributed by atoms with E-state index in [1.165, 1.54) is 0 Å². The molecule has 3 nitrogen and oxygen atoms in total. The van der Waals surface area contributed by atoms with Gasteiger partial charge in [0.05, 0.1) is 11.6 Å². The van der Waals surface area contributed by atoms with Crippen LogP contribution >= 0.6 is 0 Å². The second-order valence-corrected chi connectivity index (χ2v) is 3.76. The second-order valence-electron chi connectivity index (χ2n) is 3.76. The van der Waals surface area contributed by atoms with Crippen molar-refractivity contribution in [2.24, 2.45) is 0 Å². The van der Waals surface area contributed by atoms with Crippen molar-refractivity contribution in [3.05, 3.63) is 35.4 Å². The van der Waals surface area contributed by atoms with Crippen molar-refractivity contribution in [3.63, 3.8) is 0 Å². The van der Waals surface area contributed by atoms with E-state index in [1.807, 2.05) is 24.3 Å². The standard InChI is InChI=1S/C13H18N2O/c1-2-15(7-4-8-16)11-13-6-3-5-12(9-13)10-14/h3,5-6,9,16H,2,4,7-8,11H2,1H3. The fraction of sp³-hybridized carbons (Fsp3) is 0.462. The Morgan fingerprint density at radius 1 is 1.44 bits per heavy atom. The molecule has 0 heterocycles. The van der Waals surface area contributed by atoms with Crippen molar-refractivity contribution in [2.45, 2.75) is 19.9 Å². The third-order valence-electron chi connectivity index (χ3n) is 2.54. The van der Waals surface area contributed by atoms with Crippen LogP contribution < -0.4 is 0 Å². The van der Waals surface area contributed by atoms with Gasteiger partial charge in [0.25, 0.3) is 0 Å². The van der Waals surface area contributed by atoms with E-state index in [1.54, 1.807) is 0 Å². The zero-order valence-corrected chi connectivity index (χ0v) is 9.69. The molecule has 0 fully saturated rings. The summed E-state index contributed by atoms with van der Waals surface area (Å²) in [5, 5.41) is 17.6. The molecule has 1 aromatic rings. The molecule has 0 unspecified atom stereocenters. The minimum atomic E-state index is 0.231. The Bertz CT molecular complexity index is 357. The van der Waals surface area contributed by atoms with Gasteiger partial charge in [0.2, 0.25) is 0 Å². The maximum atomic E-state index is 8.80. The Labute approximate surface area is 96.9 Å². The molecule has 3 heteroatoms. The number of hydrogen-bond acceptors (Lipinski definition) is 3. The molecular weight excluding hydrogens is 200 g/mol. The van der Waals surface area contributed by atoms with E-state index >= 15 is 0 Å². The monoisotopic (exact) mass is 218 g/mol. The minimum Gasteiger partial charge on any atom is -0.396 e. The van der Waals surface area contributed by atoms with Crippen LogP contribution in [0.2, 0.25) is 0 Å². The Morgan fingerprint density at radius 2 is 2.25 bits per heavy atom. The van der Waals surface area contributed by atoms with E-state index in [-0.39, 0.29) is 6.61 Å². The fourth-order valence-electron chi connectivity index (χ4n) is 1.64. The van der Waals surface area contributed by atoms with Crippen LogP contribution in [-0.2, 0) is 6.54 Å². The fourth-order valence-corrected chi connectivity index (χ4v) is 1.64. The van der Waals surface area contributed by atoms with Gasteiger partial charge >= 0.3 is 0 Å². The van der Waals surface area contributed by atoms with Crippen LogP contribution in [0, 0.1) is 11.3 Å². The minimum absolute atomic E-state index is 0.231. The van der Waals surface area contributed by atoms with Gasteiger partial charge in [-0.1, -0.05) is 19.1 Å². The van der Waals surface area contributed by atoms with E-state index in [2.05, 4.69) is 17.9 Å². The van der Waals surface area contributed by atoms with Crippen LogP contribution in [0.25, 0.3) is 0 Å².